The number of nitrogens with one attached hydrogen (secondary N) is 1. The third-order valence-corrected chi connectivity index (χ3v) is 4.92. The Morgan fingerprint density at radius 1 is 1.18 bits per heavy atom. The lowest BCUT2D eigenvalue weighted by Gasteiger charge is -2.40. The third kappa shape index (κ3) is 4.12. The summed E-state index contributed by atoms with van der Waals surface area (Å²) in [4.78, 5) is 5.33. The Balaban J connectivity index is 1.75. The van der Waals surface area contributed by atoms with E-state index in [4.69, 9.17) is 0 Å². The fourth-order valence-corrected chi connectivity index (χ4v) is 3.78. The van der Waals surface area contributed by atoms with Gasteiger partial charge in [0.2, 0.25) is 0 Å². The molecule has 2 aliphatic heterocycles. The van der Waals surface area contributed by atoms with Crippen LogP contribution in [-0.2, 0) is 0 Å². The highest BCUT2D eigenvalue weighted by Crippen LogP contribution is 2.14. The molecule has 2 aliphatic rings. The average Bonchev–Trinajstić information content (AvgIpc) is 2.38. The number of nitrogens with zero attached hydrogens (tertiary/aromatic N) is 2. The van der Waals surface area contributed by atoms with Crippen molar-refractivity contribution < 1.29 is 0 Å². The highest BCUT2D eigenvalue weighted by molar-refractivity contribution is 7.99. The third-order valence-electron chi connectivity index (χ3n) is 3.97. The van der Waals surface area contributed by atoms with E-state index in [0.29, 0.717) is 0 Å². The summed E-state index contributed by atoms with van der Waals surface area (Å²) in [6.45, 7) is 13.4. The molecule has 1 atom stereocenters. The van der Waals surface area contributed by atoms with Gasteiger partial charge in [0.05, 0.1) is 0 Å². The first-order valence-corrected chi connectivity index (χ1v) is 8.17. The second-order valence-corrected chi connectivity index (χ2v) is 6.73. The van der Waals surface area contributed by atoms with Gasteiger partial charge in [-0.3, -0.25) is 4.90 Å². The monoisotopic (exact) mass is 257 g/mol. The second kappa shape index (κ2) is 6.98. The molecule has 0 aromatic heterocycles. The molecule has 4 heteroatoms. The molecule has 0 saturated carbocycles. The Labute approximate surface area is 110 Å². The van der Waals surface area contributed by atoms with Crippen LogP contribution in [-0.4, -0.2) is 73.2 Å². The van der Waals surface area contributed by atoms with Gasteiger partial charge in [0.25, 0.3) is 0 Å². The van der Waals surface area contributed by atoms with Crippen LogP contribution in [0.15, 0.2) is 0 Å². The van der Waals surface area contributed by atoms with Crippen molar-refractivity contribution in [1.82, 2.24) is 15.1 Å². The van der Waals surface area contributed by atoms with E-state index in [1.807, 2.05) is 0 Å². The Hall–Kier alpha value is 0.230. The highest BCUT2D eigenvalue weighted by Gasteiger charge is 2.25. The topological polar surface area (TPSA) is 18.5 Å². The predicted octanol–water partition coefficient (Wildman–Crippen LogP) is 0.965. The molecule has 2 rings (SSSR count). The van der Waals surface area contributed by atoms with Crippen LogP contribution in [0.25, 0.3) is 0 Å². The largest absolute Gasteiger partial charge is 0.314 e. The van der Waals surface area contributed by atoms with E-state index in [2.05, 4.69) is 40.7 Å². The molecule has 1 unspecified atom stereocenters. The van der Waals surface area contributed by atoms with Crippen molar-refractivity contribution in [1.29, 1.82) is 0 Å². The van der Waals surface area contributed by atoms with Crippen LogP contribution in [0.1, 0.15) is 13.8 Å². The lowest BCUT2D eigenvalue weighted by molar-refractivity contribution is 0.109. The van der Waals surface area contributed by atoms with Crippen molar-refractivity contribution in [2.75, 3.05) is 57.3 Å². The van der Waals surface area contributed by atoms with Gasteiger partial charge in [0.1, 0.15) is 0 Å². The van der Waals surface area contributed by atoms with E-state index in [9.17, 15) is 0 Å². The number of thioether (sulfide) groups is 1. The van der Waals surface area contributed by atoms with Gasteiger partial charge in [0, 0.05) is 63.4 Å². The summed E-state index contributed by atoms with van der Waals surface area (Å²) in [6.07, 6.45) is 0. The SMILES string of the molecule is CC(C)C1CNCCN1CCN1CCSCC1. The second-order valence-electron chi connectivity index (χ2n) is 5.51. The molecule has 0 bridgehead atoms. The smallest absolute Gasteiger partial charge is 0.0244 e. The number of hydrogen-bond acceptors (Lipinski definition) is 4. The van der Waals surface area contributed by atoms with Gasteiger partial charge in [-0.15, -0.1) is 0 Å². The van der Waals surface area contributed by atoms with Gasteiger partial charge in [-0.05, 0) is 5.92 Å². The molecule has 0 spiro atoms. The summed E-state index contributed by atoms with van der Waals surface area (Å²) in [5.74, 6) is 3.42. The van der Waals surface area contributed by atoms with Crippen LogP contribution in [0.4, 0.5) is 0 Å². The molecule has 1 N–H and O–H groups in total. The Bertz CT molecular complexity index is 217. The molecular formula is C13H27N3S. The van der Waals surface area contributed by atoms with Gasteiger partial charge < -0.3 is 10.2 Å². The fraction of sp³-hybridized carbons (Fsp3) is 1.00. The quantitative estimate of drug-likeness (QED) is 0.808. The molecule has 0 radical (unpaired) electrons. The Morgan fingerprint density at radius 3 is 2.65 bits per heavy atom. The molecule has 2 fully saturated rings. The summed E-state index contributed by atoms with van der Waals surface area (Å²) in [6, 6.07) is 0.739. The minimum atomic E-state index is 0.739. The molecule has 0 amide bonds. The van der Waals surface area contributed by atoms with Crippen molar-refractivity contribution in [2.24, 2.45) is 5.92 Å². The maximum Gasteiger partial charge on any atom is 0.0244 e. The van der Waals surface area contributed by atoms with Crippen LogP contribution < -0.4 is 5.32 Å². The zero-order valence-electron chi connectivity index (χ0n) is 11.3. The number of rotatable bonds is 4. The summed E-state index contributed by atoms with van der Waals surface area (Å²) in [7, 11) is 0. The predicted molar refractivity (Wildman–Crippen MR) is 76.8 cm³/mol. The number of hydrogen-bond donors (Lipinski definition) is 1. The average molecular weight is 257 g/mol. The summed E-state index contributed by atoms with van der Waals surface area (Å²) >= 11 is 2.10. The molecule has 3 nitrogen and oxygen atoms in total. The zero-order valence-corrected chi connectivity index (χ0v) is 12.1. The van der Waals surface area contributed by atoms with Crippen molar-refractivity contribution in [2.45, 2.75) is 19.9 Å². The van der Waals surface area contributed by atoms with Gasteiger partial charge in [-0.1, -0.05) is 13.8 Å². The highest BCUT2D eigenvalue weighted by atomic mass is 32.2. The molecular weight excluding hydrogens is 230 g/mol. The van der Waals surface area contributed by atoms with Crippen LogP contribution >= 0.6 is 11.8 Å². The summed E-state index contributed by atoms with van der Waals surface area (Å²) < 4.78 is 0. The van der Waals surface area contributed by atoms with Crippen molar-refractivity contribution in [3.8, 4) is 0 Å². The first-order chi connectivity index (χ1) is 8.27. The lowest BCUT2D eigenvalue weighted by atomic mass is 10.0. The maximum atomic E-state index is 3.53. The molecule has 17 heavy (non-hydrogen) atoms. The maximum absolute atomic E-state index is 3.53. The molecule has 0 aromatic rings. The van der Waals surface area contributed by atoms with E-state index in [1.165, 1.54) is 57.3 Å². The van der Waals surface area contributed by atoms with E-state index in [0.717, 1.165) is 12.0 Å². The van der Waals surface area contributed by atoms with E-state index >= 15 is 0 Å². The Morgan fingerprint density at radius 2 is 1.94 bits per heavy atom. The van der Waals surface area contributed by atoms with Crippen LogP contribution in [0.3, 0.4) is 0 Å². The zero-order chi connectivity index (χ0) is 12.1. The normalized spacial score (nSPS) is 28.8. The van der Waals surface area contributed by atoms with Gasteiger partial charge in [-0.2, -0.15) is 11.8 Å². The lowest BCUT2D eigenvalue weighted by Crippen LogP contribution is -2.55. The Kier molecular flexibility index (Phi) is 5.60. The molecule has 0 aliphatic carbocycles. The van der Waals surface area contributed by atoms with Gasteiger partial charge >= 0.3 is 0 Å². The molecule has 2 saturated heterocycles. The van der Waals surface area contributed by atoms with Crippen molar-refractivity contribution in [3.05, 3.63) is 0 Å². The minimum absolute atomic E-state index is 0.739. The standard InChI is InChI=1S/C13H27N3S/c1-12(2)13-11-14-3-4-16(13)6-5-15-7-9-17-10-8-15/h12-14H,3-11H2,1-2H3. The molecule has 100 valence electrons. The van der Waals surface area contributed by atoms with E-state index in [-0.39, 0.29) is 0 Å². The van der Waals surface area contributed by atoms with Crippen LogP contribution in [0.2, 0.25) is 0 Å². The van der Waals surface area contributed by atoms with Gasteiger partial charge in [-0.25, -0.2) is 0 Å². The fourth-order valence-electron chi connectivity index (χ4n) is 2.80. The number of piperazine rings is 1. The van der Waals surface area contributed by atoms with Gasteiger partial charge in [0.15, 0.2) is 0 Å². The summed E-state index contributed by atoms with van der Waals surface area (Å²) in [5.41, 5.74) is 0. The van der Waals surface area contributed by atoms with Crippen molar-refractivity contribution >= 4 is 11.8 Å². The molecule has 2 heterocycles. The van der Waals surface area contributed by atoms with Crippen molar-refractivity contribution in [3.63, 3.8) is 0 Å². The minimum Gasteiger partial charge on any atom is -0.314 e. The first kappa shape index (κ1) is 13.7. The van der Waals surface area contributed by atoms with Crippen LogP contribution in [0.5, 0.6) is 0 Å². The molecule has 0 aromatic carbocycles. The van der Waals surface area contributed by atoms with Crippen LogP contribution in [0, 0.1) is 5.92 Å². The first-order valence-electron chi connectivity index (χ1n) is 7.02. The summed E-state index contributed by atoms with van der Waals surface area (Å²) in [5, 5.41) is 3.53. The van der Waals surface area contributed by atoms with E-state index in [1.54, 1.807) is 0 Å². The van der Waals surface area contributed by atoms with E-state index < -0.39 is 0 Å².